The number of fused-ring (bicyclic) bond motifs is 2. The van der Waals surface area contributed by atoms with E-state index in [1.165, 1.54) is 10.6 Å². The fourth-order valence-corrected chi connectivity index (χ4v) is 3.29. The van der Waals surface area contributed by atoms with Crippen molar-refractivity contribution in [3.8, 4) is 11.5 Å². The van der Waals surface area contributed by atoms with Gasteiger partial charge in [0.15, 0.2) is 5.75 Å². The number of anilines is 2. The van der Waals surface area contributed by atoms with Crippen LogP contribution < -0.4 is 20.5 Å². The lowest BCUT2D eigenvalue weighted by Gasteiger charge is -2.19. The molecule has 2 aromatic carbocycles. The Labute approximate surface area is 167 Å². The molecule has 0 saturated carbocycles. The number of benzene rings is 2. The fraction of sp³-hybridized carbons (Fsp3) is 0.136. The second kappa shape index (κ2) is 7.27. The molecule has 0 saturated heterocycles. The minimum atomic E-state index is -0.538. The lowest BCUT2D eigenvalue weighted by Crippen LogP contribution is -2.30. The van der Waals surface area contributed by atoms with E-state index in [1.807, 2.05) is 25.1 Å². The van der Waals surface area contributed by atoms with Crippen molar-refractivity contribution in [2.24, 2.45) is 7.05 Å². The summed E-state index contributed by atoms with van der Waals surface area (Å²) >= 11 is 0. The summed E-state index contributed by atoms with van der Waals surface area (Å²) in [5.41, 5.74) is 1.05. The van der Waals surface area contributed by atoms with Gasteiger partial charge in [-0.15, -0.1) is 0 Å². The van der Waals surface area contributed by atoms with Gasteiger partial charge in [-0.1, -0.05) is 12.1 Å². The average molecular weight is 389 g/mol. The van der Waals surface area contributed by atoms with Gasteiger partial charge in [0.1, 0.15) is 11.3 Å². The zero-order valence-electron chi connectivity index (χ0n) is 16.0. The molecule has 0 bridgehead atoms. The zero-order chi connectivity index (χ0) is 20.5. The van der Waals surface area contributed by atoms with Crippen LogP contribution in [0.4, 0.5) is 11.4 Å². The molecule has 0 fully saturated rings. The Morgan fingerprint density at radius 1 is 1.03 bits per heavy atom. The van der Waals surface area contributed by atoms with Gasteiger partial charge in [0, 0.05) is 25.5 Å². The van der Waals surface area contributed by atoms with E-state index in [4.69, 9.17) is 4.74 Å². The van der Waals surface area contributed by atoms with Gasteiger partial charge in [-0.2, -0.15) is 0 Å². The van der Waals surface area contributed by atoms with E-state index in [0.717, 1.165) is 0 Å². The summed E-state index contributed by atoms with van der Waals surface area (Å²) in [5.74, 6) is 0.237. The monoisotopic (exact) mass is 389 g/mol. The van der Waals surface area contributed by atoms with E-state index >= 15 is 0 Å². The van der Waals surface area contributed by atoms with Crippen LogP contribution in [0.3, 0.4) is 0 Å². The first-order valence-corrected chi connectivity index (χ1v) is 9.19. The Morgan fingerprint density at radius 3 is 2.62 bits per heavy atom. The van der Waals surface area contributed by atoms with Crippen molar-refractivity contribution in [1.82, 2.24) is 4.57 Å². The summed E-state index contributed by atoms with van der Waals surface area (Å²) in [6.07, 6.45) is 1.58. The van der Waals surface area contributed by atoms with Crippen LogP contribution in [0.2, 0.25) is 0 Å². The Kier molecular flexibility index (Phi) is 4.64. The Bertz CT molecular complexity index is 1180. The number of rotatable bonds is 3. The third-order valence-corrected chi connectivity index (χ3v) is 4.77. The predicted octanol–water partition coefficient (Wildman–Crippen LogP) is 3.41. The van der Waals surface area contributed by atoms with Crippen molar-refractivity contribution in [3.63, 3.8) is 0 Å². The number of ether oxygens (including phenoxy) is 1. The molecule has 1 aliphatic rings. The third-order valence-electron chi connectivity index (χ3n) is 4.77. The van der Waals surface area contributed by atoms with Gasteiger partial charge in [-0.25, -0.2) is 0 Å². The lowest BCUT2D eigenvalue weighted by molar-refractivity contribution is 0.0985. The number of carbonyl (C=O) groups is 2. The molecule has 0 aliphatic carbocycles. The van der Waals surface area contributed by atoms with E-state index in [0.29, 0.717) is 35.0 Å². The van der Waals surface area contributed by atoms with Gasteiger partial charge in [0.25, 0.3) is 17.4 Å². The number of nitrogens with zero attached hydrogens (tertiary/aromatic N) is 2. The molecule has 0 unspecified atom stereocenters. The first-order chi connectivity index (χ1) is 14.0. The number of para-hydroxylation sites is 2. The quantitative estimate of drug-likeness (QED) is 0.744. The highest BCUT2D eigenvalue weighted by atomic mass is 16.5. The van der Waals surface area contributed by atoms with E-state index in [9.17, 15) is 14.4 Å². The van der Waals surface area contributed by atoms with E-state index in [-0.39, 0.29) is 11.5 Å². The van der Waals surface area contributed by atoms with Crippen molar-refractivity contribution in [1.29, 1.82) is 0 Å². The number of hydrogen-bond donors (Lipinski definition) is 1. The van der Waals surface area contributed by atoms with E-state index < -0.39 is 11.5 Å². The second-order valence-corrected chi connectivity index (χ2v) is 6.62. The third kappa shape index (κ3) is 3.27. The SMILES string of the molecule is CCN1C(=O)c2cc(NC(=O)c3cccn(C)c3=O)ccc2Oc2ccccc21. The molecular weight excluding hydrogens is 370 g/mol. The summed E-state index contributed by atoms with van der Waals surface area (Å²) in [6, 6.07) is 15.3. The normalized spacial score (nSPS) is 12.5. The highest BCUT2D eigenvalue weighted by Crippen LogP contribution is 2.39. The molecule has 1 aliphatic heterocycles. The molecule has 146 valence electrons. The summed E-state index contributed by atoms with van der Waals surface area (Å²) < 4.78 is 7.29. The van der Waals surface area contributed by atoms with Gasteiger partial charge in [0.2, 0.25) is 0 Å². The van der Waals surface area contributed by atoms with Crippen LogP contribution in [0.25, 0.3) is 0 Å². The van der Waals surface area contributed by atoms with Crippen LogP contribution in [-0.4, -0.2) is 22.9 Å². The first-order valence-electron chi connectivity index (χ1n) is 9.19. The Balaban J connectivity index is 1.70. The number of aromatic nitrogens is 1. The molecule has 3 aromatic rings. The zero-order valence-corrected chi connectivity index (χ0v) is 16.0. The van der Waals surface area contributed by atoms with Gasteiger partial charge in [0.05, 0.1) is 11.3 Å². The number of carbonyl (C=O) groups excluding carboxylic acids is 2. The molecule has 2 amide bonds. The predicted molar refractivity (Wildman–Crippen MR) is 110 cm³/mol. The van der Waals surface area contributed by atoms with Gasteiger partial charge in [-0.3, -0.25) is 14.4 Å². The molecule has 4 rings (SSSR count). The van der Waals surface area contributed by atoms with Crippen molar-refractivity contribution in [2.75, 3.05) is 16.8 Å². The molecular formula is C22H19N3O4. The molecule has 0 atom stereocenters. The number of hydrogen-bond acceptors (Lipinski definition) is 4. The number of amides is 2. The maximum absolute atomic E-state index is 13.1. The molecule has 1 N–H and O–H groups in total. The van der Waals surface area contributed by atoms with Crippen LogP contribution in [0.5, 0.6) is 11.5 Å². The second-order valence-electron chi connectivity index (χ2n) is 6.62. The summed E-state index contributed by atoms with van der Waals surface area (Å²) in [7, 11) is 1.58. The molecule has 7 nitrogen and oxygen atoms in total. The Morgan fingerprint density at radius 2 is 1.83 bits per heavy atom. The summed E-state index contributed by atoms with van der Waals surface area (Å²) in [4.78, 5) is 39.5. The molecule has 2 heterocycles. The lowest BCUT2D eigenvalue weighted by atomic mass is 10.1. The first kappa shape index (κ1) is 18.5. The summed E-state index contributed by atoms with van der Waals surface area (Å²) in [5, 5.41) is 2.69. The van der Waals surface area contributed by atoms with Crippen LogP contribution >= 0.6 is 0 Å². The highest BCUT2D eigenvalue weighted by molar-refractivity contribution is 6.11. The van der Waals surface area contributed by atoms with Crippen molar-refractivity contribution < 1.29 is 14.3 Å². The number of pyridine rings is 1. The average Bonchev–Trinajstić information content (AvgIpc) is 2.83. The smallest absolute Gasteiger partial charge is 0.263 e. The van der Waals surface area contributed by atoms with Crippen LogP contribution in [0, 0.1) is 0 Å². The van der Waals surface area contributed by atoms with Gasteiger partial charge in [-0.05, 0) is 49.4 Å². The molecule has 7 heteroatoms. The maximum Gasteiger partial charge on any atom is 0.263 e. The largest absolute Gasteiger partial charge is 0.454 e. The molecule has 29 heavy (non-hydrogen) atoms. The van der Waals surface area contributed by atoms with Gasteiger partial charge < -0.3 is 19.5 Å². The van der Waals surface area contributed by atoms with Crippen molar-refractivity contribution >= 4 is 23.2 Å². The van der Waals surface area contributed by atoms with Gasteiger partial charge >= 0.3 is 0 Å². The number of aryl methyl sites for hydroxylation is 1. The fourth-order valence-electron chi connectivity index (χ4n) is 3.29. The van der Waals surface area contributed by atoms with Crippen LogP contribution in [0.15, 0.2) is 65.6 Å². The van der Waals surface area contributed by atoms with E-state index in [2.05, 4.69) is 5.32 Å². The molecule has 1 aromatic heterocycles. The van der Waals surface area contributed by atoms with Crippen LogP contribution in [-0.2, 0) is 7.05 Å². The minimum Gasteiger partial charge on any atom is -0.454 e. The Hall–Kier alpha value is -3.87. The maximum atomic E-state index is 13.1. The minimum absolute atomic E-state index is 0.0232. The summed E-state index contributed by atoms with van der Waals surface area (Å²) in [6.45, 7) is 2.35. The van der Waals surface area contributed by atoms with Crippen LogP contribution in [0.1, 0.15) is 27.6 Å². The number of nitrogens with one attached hydrogen (secondary N) is 1. The topological polar surface area (TPSA) is 80.6 Å². The van der Waals surface area contributed by atoms with E-state index in [1.54, 1.807) is 48.5 Å². The molecule has 0 spiro atoms. The molecule has 0 radical (unpaired) electrons. The van der Waals surface area contributed by atoms with Crippen molar-refractivity contribution in [2.45, 2.75) is 6.92 Å². The van der Waals surface area contributed by atoms with Crippen molar-refractivity contribution in [3.05, 3.63) is 82.3 Å². The highest BCUT2D eigenvalue weighted by Gasteiger charge is 2.27. The standard InChI is InChI=1S/C22H19N3O4/c1-3-25-17-8-4-5-9-19(17)29-18-11-10-14(13-16(18)22(25)28)23-20(26)15-7-6-12-24(2)21(15)27/h4-13H,3H2,1-2H3,(H,23,26).